The van der Waals surface area contributed by atoms with E-state index in [-0.39, 0.29) is 0 Å². The second-order valence-corrected chi connectivity index (χ2v) is 4.70. The molecule has 0 aliphatic rings. The van der Waals surface area contributed by atoms with Crippen LogP contribution in [0.5, 0.6) is 5.75 Å². The Kier molecular flexibility index (Phi) is 6.81. The van der Waals surface area contributed by atoms with Crippen molar-refractivity contribution < 1.29 is 4.74 Å². The number of aryl methyl sites for hydroxylation is 1. The summed E-state index contributed by atoms with van der Waals surface area (Å²) in [6.07, 6.45) is 2.22. The highest BCUT2D eigenvalue weighted by atomic mass is 16.5. The molecule has 1 unspecified atom stereocenters. The van der Waals surface area contributed by atoms with Crippen LogP contribution in [0.3, 0.4) is 0 Å². The first kappa shape index (κ1) is 15.0. The van der Waals surface area contributed by atoms with Gasteiger partial charge in [0, 0.05) is 12.6 Å². The monoisotopic (exact) mass is 249 g/mol. The largest absolute Gasteiger partial charge is 0.492 e. The van der Waals surface area contributed by atoms with Crippen LogP contribution in [-0.2, 0) is 6.42 Å². The minimum Gasteiger partial charge on any atom is -0.492 e. The molecule has 18 heavy (non-hydrogen) atoms. The van der Waals surface area contributed by atoms with Crippen molar-refractivity contribution in [2.45, 2.75) is 46.6 Å². The van der Waals surface area contributed by atoms with Gasteiger partial charge in [-0.2, -0.15) is 0 Å². The molecule has 0 aliphatic carbocycles. The predicted molar refractivity (Wildman–Crippen MR) is 78.3 cm³/mol. The molecule has 102 valence electrons. The first-order chi connectivity index (χ1) is 8.72. The maximum absolute atomic E-state index is 5.91. The molecular weight excluding hydrogens is 222 g/mol. The van der Waals surface area contributed by atoms with Gasteiger partial charge in [-0.05, 0) is 37.9 Å². The number of hydrogen-bond donors (Lipinski definition) is 0. The molecule has 0 N–H and O–H groups in total. The maximum atomic E-state index is 5.91. The van der Waals surface area contributed by atoms with Crippen LogP contribution in [-0.4, -0.2) is 30.6 Å². The highest BCUT2D eigenvalue weighted by Crippen LogP contribution is 2.18. The van der Waals surface area contributed by atoms with Crippen molar-refractivity contribution in [3.63, 3.8) is 0 Å². The molecule has 2 nitrogen and oxygen atoms in total. The fourth-order valence-corrected chi connectivity index (χ4v) is 2.16. The van der Waals surface area contributed by atoms with Crippen molar-refractivity contribution in [3.8, 4) is 5.75 Å². The third kappa shape index (κ3) is 4.34. The molecule has 0 radical (unpaired) electrons. The van der Waals surface area contributed by atoms with Crippen LogP contribution in [0.2, 0.25) is 0 Å². The molecule has 1 atom stereocenters. The molecule has 1 rings (SSSR count). The summed E-state index contributed by atoms with van der Waals surface area (Å²) in [6.45, 7) is 11.8. The van der Waals surface area contributed by atoms with Gasteiger partial charge in [-0.15, -0.1) is 0 Å². The molecule has 1 aromatic carbocycles. The van der Waals surface area contributed by atoms with E-state index in [0.29, 0.717) is 6.04 Å². The van der Waals surface area contributed by atoms with Crippen LogP contribution < -0.4 is 4.74 Å². The molecule has 0 amide bonds. The SMILES string of the molecule is CCc1ccccc1OCCN(CC)C(C)CC. The normalized spacial score (nSPS) is 12.7. The topological polar surface area (TPSA) is 12.5 Å². The molecule has 0 fully saturated rings. The summed E-state index contributed by atoms with van der Waals surface area (Å²) in [5.41, 5.74) is 1.30. The average molecular weight is 249 g/mol. The summed E-state index contributed by atoms with van der Waals surface area (Å²) in [4.78, 5) is 2.47. The van der Waals surface area contributed by atoms with E-state index in [0.717, 1.165) is 31.9 Å². The zero-order chi connectivity index (χ0) is 13.4. The Balaban J connectivity index is 2.45. The molecule has 2 heteroatoms. The van der Waals surface area contributed by atoms with Crippen LogP contribution in [0.25, 0.3) is 0 Å². The van der Waals surface area contributed by atoms with E-state index in [1.54, 1.807) is 0 Å². The molecule has 0 heterocycles. The van der Waals surface area contributed by atoms with E-state index in [2.05, 4.69) is 50.8 Å². The smallest absolute Gasteiger partial charge is 0.122 e. The number of ether oxygens (including phenoxy) is 1. The fraction of sp³-hybridized carbons (Fsp3) is 0.625. The Morgan fingerprint density at radius 2 is 1.89 bits per heavy atom. The highest BCUT2D eigenvalue weighted by Gasteiger charge is 2.09. The number of hydrogen-bond acceptors (Lipinski definition) is 2. The Labute approximate surface area is 112 Å². The van der Waals surface area contributed by atoms with Crippen molar-refractivity contribution in [3.05, 3.63) is 29.8 Å². The van der Waals surface area contributed by atoms with Gasteiger partial charge < -0.3 is 4.74 Å². The van der Waals surface area contributed by atoms with E-state index in [9.17, 15) is 0 Å². The predicted octanol–water partition coefficient (Wildman–Crippen LogP) is 3.75. The second kappa shape index (κ2) is 8.15. The van der Waals surface area contributed by atoms with Crippen LogP contribution in [0.1, 0.15) is 39.7 Å². The number of nitrogens with zero attached hydrogens (tertiary/aromatic N) is 1. The first-order valence-electron chi connectivity index (χ1n) is 7.17. The summed E-state index contributed by atoms with van der Waals surface area (Å²) in [7, 11) is 0. The van der Waals surface area contributed by atoms with Crippen LogP contribution in [0.15, 0.2) is 24.3 Å². The Morgan fingerprint density at radius 3 is 2.50 bits per heavy atom. The van der Waals surface area contributed by atoms with E-state index in [1.807, 2.05) is 6.07 Å². The van der Waals surface area contributed by atoms with E-state index < -0.39 is 0 Å². The fourth-order valence-electron chi connectivity index (χ4n) is 2.16. The van der Waals surface area contributed by atoms with Crippen LogP contribution in [0, 0.1) is 0 Å². The lowest BCUT2D eigenvalue weighted by atomic mass is 10.1. The summed E-state index contributed by atoms with van der Waals surface area (Å²) in [5.74, 6) is 1.04. The third-order valence-corrected chi connectivity index (χ3v) is 3.61. The van der Waals surface area contributed by atoms with Gasteiger partial charge in [0.2, 0.25) is 0 Å². The molecule has 0 spiro atoms. The van der Waals surface area contributed by atoms with Gasteiger partial charge in [-0.3, -0.25) is 4.90 Å². The maximum Gasteiger partial charge on any atom is 0.122 e. The lowest BCUT2D eigenvalue weighted by Gasteiger charge is -2.26. The van der Waals surface area contributed by atoms with Crippen LogP contribution >= 0.6 is 0 Å². The summed E-state index contributed by atoms with van der Waals surface area (Å²) < 4.78 is 5.91. The summed E-state index contributed by atoms with van der Waals surface area (Å²) >= 11 is 0. The van der Waals surface area contributed by atoms with Gasteiger partial charge in [0.15, 0.2) is 0 Å². The van der Waals surface area contributed by atoms with E-state index in [1.165, 1.54) is 12.0 Å². The zero-order valence-corrected chi connectivity index (χ0v) is 12.3. The van der Waals surface area contributed by atoms with E-state index in [4.69, 9.17) is 4.74 Å². The van der Waals surface area contributed by atoms with Crippen LogP contribution in [0.4, 0.5) is 0 Å². The van der Waals surface area contributed by atoms with Crippen molar-refractivity contribution in [2.24, 2.45) is 0 Å². The highest BCUT2D eigenvalue weighted by molar-refractivity contribution is 5.33. The molecule has 0 saturated heterocycles. The standard InChI is InChI=1S/C16H27NO/c1-5-14(4)17(7-3)12-13-18-16-11-9-8-10-15(16)6-2/h8-11,14H,5-7,12-13H2,1-4H3. The summed E-state index contributed by atoms with van der Waals surface area (Å²) in [6, 6.07) is 8.96. The lowest BCUT2D eigenvalue weighted by Crippen LogP contribution is -2.35. The number of benzene rings is 1. The van der Waals surface area contributed by atoms with Gasteiger partial charge in [-0.1, -0.05) is 39.0 Å². The quantitative estimate of drug-likeness (QED) is 0.696. The van der Waals surface area contributed by atoms with Gasteiger partial charge in [-0.25, -0.2) is 0 Å². The van der Waals surface area contributed by atoms with Crippen molar-refractivity contribution in [1.82, 2.24) is 4.90 Å². The molecule has 0 aromatic heterocycles. The second-order valence-electron chi connectivity index (χ2n) is 4.70. The Hall–Kier alpha value is -1.02. The third-order valence-electron chi connectivity index (χ3n) is 3.61. The average Bonchev–Trinajstić information content (AvgIpc) is 2.43. The molecule has 0 saturated carbocycles. The summed E-state index contributed by atoms with van der Waals surface area (Å²) in [5, 5.41) is 0. The number of likely N-dealkylation sites (N-methyl/N-ethyl adjacent to an activating group) is 1. The van der Waals surface area contributed by atoms with Crippen molar-refractivity contribution in [2.75, 3.05) is 19.7 Å². The molecule has 0 bridgehead atoms. The Bertz CT molecular complexity index is 338. The van der Waals surface area contributed by atoms with Gasteiger partial charge >= 0.3 is 0 Å². The van der Waals surface area contributed by atoms with Gasteiger partial charge in [0.05, 0.1) is 0 Å². The number of para-hydroxylation sites is 1. The molecular formula is C16H27NO. The van der Waals surface area contributed by atoms with Gasteiger partial charge in [0.1, 0.15) is 12.4 Å². The molecule has 1 aromatic rings. The minimum absolute atomic E-state index is 0.639. The zero-order valence-electron chi connectivity index (χ0n) is 12.3. The van der Waals surface area contributed by atoms with Crippen molar-refractivity contribution >= 4 is 0 Å². The first-order valence-corrected chi connectivity index (χ1v) is 7.17. The van der Waals surface area contributed by atoms with E-state index >= 15 is 0 Å². The minimum atomic E-state index is 0.639. The van der Waals surface area contributed by atoms with Crippen molar-refractivity contribution in [1.29, 1.82) is 0 Å². The van der Waals surface area contributed by atoms with Gasteiger partial charge in [0.25, 0.3) is 0 Å². The Morgan fingerprint density at radius 1 is 1.17 bits per heavy atom. The molecule has 0 aliphatic heterocycles. The lowest BCUT2D eigenvalue weighted by molar-refractivity contribution is 0.171. The number of rotatable bonds is 8.